The van der Waals surface area contributed by atoms with Crippen molar-refractivity contribution in [3.8, 4) is 0 Å². The quantitative estimate of drug-likeness (QED) is 0.0560. The molecule has 0 rings (SSSR count). The first-order valence-electron chi connectivity index (χ1n) is 18.6. The van der Waals surface area contributed by atoms with Gasteiger partial charge in [0.25, 0.3) is 0 Å². The lowest BCUT2D eigenvalue weighted by molar-refractivity contribution is -0.159. The number of hydrogen-bond donors (Lipinski definition) is 0. The van der Waals surface area contributed by atoms with Gasteiger partial charge in [0.2, 0.25) is 0 Å². The molecule has 43 heavy (non-hydrogen) atoms. The fourth-order valence-corrected chi connectivity index (χ4v) is 5.41. The van der Waals surface area contributed by atoms with E-state index in [2.05, 4.69) is 13.8 Å². The highest BCUT2D eigenvalue weighted by molar-refractivity contribution is 5.69. The smallest absolute Gasteiger partial charge is 0.306 e. The molecule has 0 aliphatic carbocycles. The van der Waals surface area contributed by atoms with Crippen LogP contribution in [0.25, 0.3) is 0 Å². The van der Waals surface area contributed by atoms with E-state index in [0.717, 1.165) is 25.7 Å². The Hall–Kier alpha value is -1.10. The molecule has 0 saturated carbocycles. The Balaban J connectivity index is 3.76. The fraction of sp³-hybridized carbons (Fsp3) is 0.947. The van der Waals surface area contributed by atoms with Crippen molar-refractivity contribution in [1.29, 1.82) is 0 Å². The largest absolute Gasteiger partial charge is 0.466 e. The molecule has 0 spiro atoms. The minimum absolute atomic E-state index is 0.0995. The molecule has 0 aromatic carbocycles. The molecule has 0 aromatic rings. The summed E-state index contributed by atoms with van der Waals surface area (Å²) in [4.78, 5) is 24.5. The van der Waals surface area contributed by atoms with Gasteiger partial charge in [0.15, 0.2) is 0 Å². The van der Waals surface area contributed by atoms with Crippen LogP contribution in [0.4, 0.5) is 0 Å². The van der Waals surface area contributed by atoms with Crippen molar-refractivity contribution < 1.29 is 23.8 Å². The summed E-state index contributed by atoms with van der Waals surface area (Å²) in [5, 5.41) is 0. The van der Waals surface area contributed by atoms with Gasteiger partial charge in [-0.2, -0.15) is 0 Å². The standard InChI is InChI=1S/C38H74O5/c1-7-9-11-13-15-17-19-21-23-25-27-29-35(39)41-33-31-37(3,4)42-34-32-38(5,6)43-36(40)30-28-26-24-22-20-18-16-14-12-10-8-2/h7-34H2,1-6H3. The molecule has 0 bridgehead atoms. The van der Waals surface area contributed by atoms with Crippen LogP contribution in [-0.4, -0.2) is 36.4 Å². The van der Waals surface area contributed by atoms with Gasteiger partial charge in [-0.3, -0.25) is 9.59 Å². The second kappa shape index (κ2) is 28.4. The first-order valence-corrected chi connectivity index (χ1v) is 18.6. The lowest BCUT2D eigenvalue weighted by Gasteiger charge is -2.29. The van der Waals surface area contributed by atoms with Crippen LogP contribution in [0.15, 0.2) is 0 Å². The van der Waals surface area contributed by atoms with Crippen molar-refractivity contribution in [3.63, 3.8) is 0 Å². The third-order valence-electron chi connectivity index (χ3n) is 8.52. The monoisotopic (exact) mass is 611 g/mol. The number of hydrogen-bond acceptors (Lipinski definition) is 5. The van der Waals surface area contributed by atoms with Crippen LogP contribution in [0.3, 0.4) is 0 Å². The molecule has 0 aromatic heterocycles. The van der Waals surface area contributed by atoms with Gasteiger partial charge in [0, 0.05) is 25.7 Å². The van der Waals surface area contributed by atoms with Crippen LogP contribution in [0, 0.1) is 0 Å². The Morgan fingerprint density at radius 1 is 0.442 bits per heavy atom. The molecule has 256 valence electrons. The van der Waals surface area contributed by atoms with E-state index < -0.39 is 11.2 Å². The second-order valence-electron chi connectivity index (χ2n) is 14.1. The maximum Gasteiger partial charge on any atom is 0.306 e. The van der Waals surface area contributed by atoms with Crippen LogP contribution < -0.4 is 0 Å². The summed E-state index contributed by atoms with van der Waals surface area (Å²) >= 11 is 0. The predicted molar refractivity (Wildman–Crippen MR) is 183 cm³/mol. The summed E-state index contributed by atoms with van der Waals surface area (Å²) in [6, 6.07) is 0. The average molecular weight is 611 g/mol. The highest BCUT2D eigenvalue weighted by Gasteiger charge is 2.25. The molecule has 0 radical (unpaired) electrons. The number of carbonyl (C=O) groups is 2. The van der Waals surface area contributed by atoms with E-state index in [1.54, 1.807) is 0 Å². The minimum atomic E-state index is -0.550. The van der Waals surface area contributed by atoms with Crippen LogP contribution in [0.1, 0.15) is 208 Å². The van der Waals surface area contributed by atoms with Gasteiger partial charge in [0.1, 0.15) is 5.60 Å². The van der Waals surface area contributed by atoms with Gasteiger partial charge in [-0.15, -0.1) is 0 Å². The zero-order chi connectivity index (χ0) is 32.1. The number of rotatable bonds is 32. The van der Waals surface area contributed by atoms with E-state index in [9.17, 15) is 9.59 Å². The Kier molecular flexibility index (Phi) is 27.7. The lowest BCUT2D eigenvalue weighted by atomic mass is 10.0. The molecule has 0 aliphatic heterocycles. The molecule has 0 saturated heterocycles. The molecular formula is C38H74O5. The van der Waals surface area contributed by atoms with Crippen molar-refractivity contribution in [2.75, 3.05) is 13.2 Å². The van der Waals surface area contributed by atoms with Gasteiger partial charge < -0.3 is 14.2 Å². The second-order valence-corrected chi connectivity index (χ2v) is 14.1. The van der Waals surface area contributed by atoms with Crippen molar-refractivity contribution in [1.82, 2.24) is 0 Å². The van der Waals surface area contributed by atoms with Gasteiger partial charge in [-0.1, -0.05) is 142 Å². The third-order valence-corrected chi connectivity index (χ3v) is 8.52. The first kappa shape index (κ1) is 41.9. The van der Waals surface area contributed by atoms with E-state index in [1.165, 1.54) is 116 Å². The van der Waals surface area contributed by atoms with Crippen molar-refractivity contribution >= 4 is 11.9 Å². The lowest BCUT2D eigenvalue weighted by Crippen LogP contribution is -2.33. The normalized spacial score (nSPS) is 12.0. The first-order chi connectivity index (χ1) is 20.6. The summed E-state index contributed by atoms with van der Waals surface area (Å²) in [5.41, 5.74) is -0.946. The average Bonchev–Trinajstić information content (AvgIpc) is 2.94. The Morgan fingerprint density at radius 2 is 0.791 bits per heavy atom. The molecule has 5 nitrogen and oxygen atoms in total. The molecule has 0 fully saturated rings. The fourth-order valence-electron chi connectivity index (χ4n) is 5.41. The zero-order valence-corrected chi connectivity index (χ0v) is 29.8. The SMILES string of the molecule is CCCCCCCCCCCCCC(=O)OCCC(C)(C)OCCC(C)(C)OC(=O)CCCCCCCCCCCCC. The summed E-state index contributed by atoms with van der Waals surface area (Å²) in [6.45, 7) is 13.4. The molecule has 5 heteroatoms. The molecule has 0 heterocycles. The van der Waals surface area contributed by atoms with Crippen molar-refractivity contribution in [2.45, 2.75) is 220 Å². The van der Waals surface area contributed by atoms with Gasteiger partial charge in [0.05, 0.1) is 18.8 Å². The molecule has 0 atom stereocenters. The van der Waals surface area contributed by atoms with Crippen molar-refractivity contribution in [3.05, 3.63) is 0 Å². The number of ether oxygens (including phenoxy) is 3. The summed E-state index contributed by atoms with van der Waals surface area (Å²) in [7, 11) is 0. The molecule has 0 amide bonds. The zero-order valence-electron chi connectivity index (χ0n) is 29.8. The minimum Gasteiger partial charge on any atom is -0.466 e. The Bertz CT molecular complexity index is 642. The van der Waals surface area contributed by atoms with E-state index in [-0.39, 0.29) is 11.9 Å². The number of carbonyl (C=O) groups excluding carboxylic acids is 2. The summed E-state index contributed by atoms with van der Waals surface area (Å²) in [5.74, 6) is -0.206. The number of unbranched alkanes of at least 4 members (excludes halogenated alkanes) is 20. The molecule has 0 N–H and O–H groups in total. The summed E-state index contributed by atoms with van der Waals surface area (Å²) in [6.07, 6.45) is 30.3. The van der Waals surface area contributed by atoms with E-state index in [1.807, 2.05) is 27.7 Å². The Labute approximate surface area is 268 Å². The summed E-state index contributed by atoms with van der Waals surface area (Å²) < 4.78 is 17.3. The van der Waals surface area contributed by atoms with Crippen LogP contribution >= 0.6 is 0 Å². The van der Waals surface area contributed by atoms with Gasteiger partial charge in [-0.05, 0) is 40.5 Å². The number of esters is 2. The molecular weight excluding hydrogens is 536 g/mol. The van der Waals surface area contributed by atoms with Crippen LogP contribution in [0.2, 0.25) is 0 Å². The highest BCUT2D eigenvalue weighted by Crippen LogP contribution is 2.21. The van der Waals surface area contributed by atoms with Gasteiger partial charge in [-0.25, -0.2) is 0 Å². The topological polar surface area (TPSA) is 61.8 Å². The van der Waals surface area contributed by atoms with E-state index in [4.69, 9.17) is 14.2 Å². The molecule has 0 aliphatic rings. The highest BCUT2D eigenvalue weighted by atomic mass is 16.6. The maximum absolute atomic E-state index is 12.4. The third kappa shape index (κ3) is 30.7. The molecule has 0 unspecified atom stereocenters. The van der Waals surface area contributed by atoms with Crippen molar-refractivity contribution in [2.24, 2.45) is 0 Å². The Morgan fingerprint density at radius 3 is 1.21 bits per heavy atom. The van der Waals surface area contributed by atoms with Gasteiger partial charge >= 0.3 is 11.9 Å². The van der Waals surface area contributed by atoms with Crippen LogP contribution in [-0.2, 0) is 23.8 Å². The van der Waals surface area contributed by atoms with E-state index in [0.29, 0.717) is 38.9 Å². The van der Waals surface area contributed by atoms with E-state index >= 15 is 0 Å². The van der Waals surface area contributed by atoms with Crippen LogP contribution in [0.5, 0.6) is 0 Å². The maximum atomic E-state index is 12.4. The predicted octanol–water partition coefficient (Wildman–Crippen LogP) is 11.8.